The highest BCUT2D eigenvalue weighted by Gasteiger charge is 2.33. The van der Waals surface area contributed by atoms with Gasteiger partial charge in [-0.2, -0.15) is 13.2 Å². The number of hydrogen-bond donors (Lipinski definition) is 4. The molecule has 0 unspecified atom stereocenters. The third kappa shape index (κ3) is 8.55. The molecule has 48 heavy (non-hydrogen) atoms. The van der Waals surface area contributed by atoms with Gasteiger partial charge in [-0.25, -0.2) is 15.6 Å². The van der Waals surface area contributed by atoms with Gasteiger partial charge in [0.2, 0.25) is 0 Å². The van der Waals surface area contributed by atoms with Crippen molar-refractivity contribution in [2.24, 2.45) is 11.6 Å². The highest BCUT2D eigenvalue weighted by Crippen LogP contribution is 2.36. The molecular formula is C32H40F3N9O3S. The van der Waals surface area contributed by atoms with Crippen LogP contribution in [0.5, 0.6) is 0 Å². The minimum absolute atomic E-state index is 0.0449. The SMILES string of the molecule is COC(=O)Nc1ncc(/C(N)=C/N(N)c2cc(C(=O)Nc3cc(N4CCC(N5CCN(C)CC5)CC4)cc(C(F)(F)F)c3)ccc2C)s1. The van der Waals surface area contributed by atoms with Crippen molar-refractivity contribution in [2.75, 3.05) is 74.0 Å². The fourth-order valence-corrected chi connectivity index (χ4v) is 6.55. The van der Waals surface area contributed by atoms with Crippen molar-refractivity contribution in [2.45, 2.75) is 32.0 Å². The quantitative estimate of drug-likeness (QED) is 0.193. The van der Waals surface area contributed by atoms with E-state index in [2.05, 4.69) is 37.2 Å². The lowest BCUT2D eigenvalue weighted by atomic mass is 10.0. The lowest BCUT2D eigenvalue weighted by Crippen LogP contribution is -2.52. The molecule has 2 aliphatic rings. The molecule has 5 rings (SSSR count). The Morgan fingerprint density at radius 3 is 2.44 bits per heavy atom. The molecule has 0 bridgehead atoms. The molecule has 6 N–H and O–H groups in total. The van der Waals surface area contributed by atoms with E-state index in [1.807, 2.05) is 4.90 Å². The van der Waals surface area contributed by atoms with Crippen LogP contribution in [0.1, 0.15) is 39.2 Å². The number of anilines is 4. The van der Waals surface area contributed by atoms with E-state index in [9.17, 15) is 22.8 Å². The lowest BCUT2D eigenvalue weighted by molar-refractivity contribution is -0.137. The number of carbonyl (C=O) groups excluding carboxylic acids is 2. The number of rotatable bonds is 8. The Labute approximate surface area is 281 Å². The van der Waals surface area contributed by atoms with Crippen LogP contribution in [0.15, 0.2) is 48.8 Å². The van der Waals surface area contributed by atoms with Gasteiger partial charge in [0, 0.05) is 74.6 Å². The molecule has 0 aliphatic carbocycles. The summed E-state index contributed by atoms with van der Waals surface area (Å²) >= 11 is 1.11. The number of halogens is 3. The first-order valence-corrected chi connectivity index (χ1v) is 16.3. The first-order chi connectivity index (χ1) is 22.8. The van der Waals surface area contributed by atoms with Gasteiger partial charge < -0.3 is 25.6 Å². The molecule has 12 nitrogen and oxygen atoms in total. The van der Waals surface area contributed by atoms with Gasteiger partial charge in [0.25, 0.3) is 5.91 Å². The number of hydrogen-bond acceptors (Lipinski definition) is 11. The van der Waals surface area contributed by atoms with E-state index >= 15 is 0 Å². The topological polar surface area (TPSA) is 145 Å². The Hall–Kier alpha value is -4.38. The highest BCUT2D eigenvalue weighted by molar-refractivity contribution is 7.16. The highest BCUT2D eigenvalue weighted by atomic mass is 32.1. The summed E-state index contributed by atoms with van der Waals surface area (Å²) in [7, 11) is 3.34. The summed E-state index contributed by atoms with van der Waals surface area (Å²) in [4.78, 5) is 36.2. The lowest BCUT2D eigenvalue weighted by Gasteiger charge is -2.42. The van der Waals surface area contributed by atoms with E-state index in [-0.39, 0.29) is 22.1 Å². The summed E-state index contributed by atoms with van der Waals surface area (Å²) in [6.45, 7) is 7.06. The van der Waals surface area contributed by atoms with Crippen LogP contribution in [-0.4, -0.2) is 86.3 Å². The maximum atomic E-state index is 14.0. The fraction of sp³-hybridized carbons (Fsp3) is 0.406. The van der Waals surface area contributed by atoms with Gasteiger partial charge in [-0.1, -0.05) is 17.4 Å². The second-order valence-electron chi connectivity index (χ2n) is 11.9. The summed E-state index contributed by atoms with van der Waals surface area (Å²) in [5, 5.41) is 6.63. The number of alkyl halides is 3. The molecule has 3 aromatic rings. The van der Waals surface area contributed by atoms with Gasteiger partial charge in [0.1, 0.15) is 0 Å². The number of carbonyl (C=O) groups is 2. The number of benzene rings is 2. The van der Waals surface area contributed by atoms with Crippen LogP contribution in [0.4, 0.5) is 40.2 Å². The van der Waals surface area contributed by atoms with Gasteiger partial charge in [0.05, 0.1) is 28.9 Å². The summed E-state index contributed by atoms with van der Waals surface area (Å²) in [6, 6.07) is 8.88. The van der Waals surface area contributed by atoms with Crippen molar-refractivity contribution in [3.63, 3.8) is 0 Å². The molecule has 2 saturated heterocycles. The second-order valence-corrected chi connectivity index (χ2v) is 12.9. The van der Waals surface area contributed by atoms with Crippen LogP contribution >= 0.6 is 11.3 Å². The number of likely N-dealkylation sites (N-methyl/N-ethyl adjacent to an activating group) is 1. The Kier molecular flexibility index (Phi) is 10.8. The molecule has 0 atom stereocenters. The maximum absolute atomic E-state index is 14.0. The van der Waals surface area contributed by atoms with Crippen LogP contribution in [0.3, 0.4) is 0 Å². The van der Waals surface area contributed by atoms with E-state index in [1.165, 1.54) is 30.6 Å². The summed E-state index contributed by atoms with van der Waals surface area (Å²) in [5.41, 5.74) is 7.45. The van der Waals surface area contributed by atoms with Gasteiger partial charge in [0.15, 0.2) is 5.13 Å². The second kappa shape index (κ2) is 14.8. The zero-order chi connectivity index (χ0) is 34.6. The minimum Gasteiger partial charge on any atom is -0.453 e. The molecule has 0 spiro atoms. The van der Waals surface area contributed by atoms with Crippen molar-refractivity contribution in [3.05, 3.63) is 70.4 Å². The number of nitrogens with two attached hydrogens (primary N) is 2. The van der Waals surface area contributed by atoms with E-state index in [1.54, 1.807) is 25.1 Å². The van der Waals surface area contributed by atoms with E-state index in [4.69, 9.17) is 11.6 Å². The zero-order valence-electron chi connectivity index (χ0n) is 27.0. The van der Waals surface area contributed by atoms with Crippen molar-refractivity contribution >= 4 is 51.2 Å². The number of ether oxygens (including phenoxy) is 1. The van der Waals surface area contributed by atoms with Crippen LogP contribution in [0.25, 0.3) is 5.70 Å². The Morgan fingerprint density at radius 2 is 1.77 bits per heavy atom. The van der Waals surface area contributed by atoms with Crippen molar-refractivity contribution < 1.29 is 27.5 Å². The summed E-state index contributed by atoms with van der Waals surface area (Å²) in [6.07, 6.45) is -0.650. The molecule has 1 aromatic heterocycles. The average molecular weight is 688 g/mol. The number of thiazole rings is 1. The molecule has 0 radical (unpaired) electrons. The molecule has 0 saturated carbocycles. The van der Waals surface area contributed by atoms with Crippen molar-refractivity contribution in [1.29, 1.82) is 0 Å². The Balaban J connectivity index is 1.30. The van der Waals surface area contributed by atoms with Crippen molar-refractivity contribution in [1.82, 2.24) is 14.8 Å². The molecule has 2 fully saturated rings. The number of aryl methyl sites for hydroxylation is 1. The first-order valence-electron chi connectivity index (χ1n) is 15.4. The Morgan fingerprint density at radius 1 is 1.06 bits per heavy atom. The molecular weight excluding hydrogens is 647 g/mol. The van der Waals surface area contributed by atoms with Crippen LogP contribution in [0.2, 0.25) is 0 Å². The zero-order valence-corrected chi connectivity index (χ0v) is 27.8. The predicted octanol–water partition coefficient (Wildman–Crippen LogP) is 4.75. The number of amides is 2. The monoisotopic (exact) mass is 687 g/mol. The number of piperazine rings is 1. The molecule has 2 aliphatic heterocycles. The van der Waals surface area contributed by atoms with Crippen LogP contribution in [0, 0.1) is 6.92 Å². The van der Waals surface area contributed by atoms with E-state index in [0.29, 0.717) is 35.4 Å². The third-order valence-corrected chi connectivity index (χ3v) is 9.56. The number of piperidine rings is 1. The third-order valence-electron chi connectivity index (χ3n) is 8.60. The van der Waals surface area contributed by atoms with E-state index in [0.717, 1.165) is 68.1 Å². The average Bonchev–Trinajstić information content (AvgIpc) is 3.53. The van der Waals surface area contributed by atoms with Gasteiger partial charge >= 0.3 is 12.3 Å². The number of nitrogens with one attached hydrogen (secondary N) is 2. The molecule has 2 amide bonds. The summed E-state index contributed by atoms with van der Waals surface area (Å²) < 4.78 is 46.5. The van der Waals surface area contributed by atoms with E-state index < -0.39 is 23.7 Å². The number of methoxy groups -OCH3 is 1. The number of aromatic nitrogens is 1. The molecule has 258 valence electrons. The van der Waals surface area contributed by atoms with Gasteiger partial charge in [-0.15, -0.1) is 0 Å². The first kappa shape index (κ1) is 34.9. The Bertz CT molecular complexity index is 1650. The number of hydrazine groups is 1. The molecule has 2 aromatic carbocycles. The van der Waals surface area contributed by atoms with Gasteiger partial charge in [-0.3, -0.25) is 20.0 Å². The largest absolute Gasteiger partial charge is 0.453 e. The van der Waals surface area contributed by atoms with Crippen LogP contribution < -0.4 is 32.1 Å². The van der Waals surface area contributed by atoms with Gasteiger partial charge in [-0.05, 0) is 62.7 Å². The smallest absolute Gasteiger partial charge is 0.416 e. The standard InChI is InChI=1S/C32H40F3N9O3S/c1-20-4-5-21(14-27(20)44(37)19-26(36)28-18-38-30(48-28)40-31(46)47-3)29(45)39-23-15-22(32(33,34)35)16-25(17-23)42-8-6-24(7-9-42)43-12-10-41(2)11-13-43/h4-5,14-19,24H,6-13,36-37H2,1-3H3,(H,39,45)(H,38,40,46)/b26-19-. The predicted molar refractivity (Wildman–Crippen MR) is 182 cm³/mol. The maximum Gasteiger partial charge on any atom is 0.416 e. The van der Waals surface area contributed by atoms with Crippen LogP contribution in [-0.2, 0) is 10.9 Å². The van der Waals surface area contributed by atoms with Crippen molar-refractivity contribution in [3.8, 4) is 0 Å². The molecule has 16 heteroatoms. The normalized spacial score (nSPS) is 16.9. The molecule has 3 heterocycles. The number of nitrogens with zero attached hydrogens (tertiary/aromatic N) is 5. The summed E-state index contributed by atoms with van der Waals surface area (Å²) in [5.74, 6) is 5.71. The fourth-order valence-electron chi connectivity index (χ4n) is 5.82. The minimum atomic E-state index is -4.59.